The second kappa shape index (κ2) is 8.84. The average molecular weight is 333 g/mol. The maximum absolute atomic E-state index is 9.49. The molecule has 2 N–H and O–H groups in total. The van der Waals surface area contributed by atoms with E-state index in [2.05, 4.69) is 22.3 Å². The first kappa shape index (κ1) is 18.6. The molecular formula is C16H26Cl2N2O. The second-order valence-corrected chi connectivity index (χ2v) is 5.87. The Labute approximate surface area is 139 Å². The van der Waals surface area contributed by atoms with Crippen LogP contribution in [0.1, 0.15) is 37.3 Å². The molecule has 5 heteroatoms. The van der Waals surface area contributed by atoms with E-state index in [0.717, 1.165) is 32.1 Å². The van der Waals surface area contributed by atoms with Gasteiger partial charge in [-0.05, 0) is 36.5 Å². The summed E-state index contributed by atoms with van der Waals surface area (Å²) in [5.74, 6) is 1.16. The van der Waals surface area contributed by atoms with Gasteiger partial charge in [-0.3, -0.25) is 4.90 Å². The lowest BCUT2D eigenvalue weighted by Crippen LogP contribution is -2.46. The number of halogens is 2. The van der Waals surface area contributed by atoms with E-state index in [1.165, 1.54) is 31.2 Å². The number of piperazine rings is 1. The van der Waals surface area contributed by atoms with E-state index < -0.39 is 0 Å². The highest BCUT2D eigenvalue weighted by Gasteiger charge is 2.31. The maximum atomic E-state index is 9.49. The Bertz CT molecular complexity index is 401. The average Bonchev–Trinajstić information content (AvgIpc) is 2.96. The molecule has 0 unspecified atom stereocenters. The Morgan fingerprint density at radius 1 is 1.00 bits per heavy atom. The number of phenols is 1. The van der Waals surface area contributed by atoms with E-state index in [1.807, 2.05) is 12.1 Å². The number of aromatic hydroxyl groups is 1. The molecule has 3 nitrogen and oxygen atoms in total. The predicted octanol–water partition coefficient (Wildman–Crippen LogP) is 3.37. The molecule has 3 rings (SSSR count). The van der Waals surface area contributed by atoms with Gasteiger partial charge in [-0.25, -0.2) is 0 Å². The Hall–Kier alpha value is -0.480. The third kappa shape index (κ3) is 4.49. The van der Waals surface area contributed by atoms with Crippen molar-refractivity contribution in [2.24, 2.45) is 5.92 Å². The van der Waals surface area contributed by atoms with Crippen molar-refractivity contribution >= 4 is 24.8 Å². The van der Waals surface area contributed by atoms with Crippen molar-refractivity contribution in [2.45, 2.75) is 31.7 Å². The van der Waals surface area contributed by atoms with E-state index in [-0.39, 0.29) is 24.8 Å². The minimum absolute atomic E-state index is 0. The standard InChI is InChI=1S/C16H24N2O.2ClH/c19-15-7-5-14(6-8-15)16(13-3-1-2-4-13)18-11-9-17-10-12-18;;/h5-8,13,16-17,19H,1-4,9-12H2;2*1H/t16-;;/m1../s1. The molecular weight excluding hydrogens is 307 g/mol. The SMILES string of the molecule is Cl.Cl.Oc1ccc([C@@H](C2CCCC2)N2CCNCC2)cc1. The topological polar surface area (TPSA) is 35.5 Å². The van der Waals surface area contributed by atoms with Crippen molar-refractivity contribution in [3.05, 3.63) is 29.8 Å². The van der Waals surface area contributed by atoms with Crippen LogP contribution in [0, 0.1) is 5.92 Å². The van der Waals surface area contributed by atoms with Gasteiger partial charge < -0.3 is 10.4 Å². The Morgan fingerprint density at radius 3 is 2.14 bits per heavy atom. The van der Waals surface area contributed by atoms with Crippen LogP contribution in [0.5, 0.6) is 5.75 Å². The van der Waals surface area contributed by atoms with Crippen LogP contribution in [0.15, 0.2) is 24.3 Å². The Morgan fingerprint density at radius 2 is 1.57 bits per heavy atom. The van der Waals surface area contributed by atoms with Crippen molar-refractivity contribution in [1.82, 2.24) is 10.2 Å². The molecule has 0 bridgehead atoms. The summed E-state index contributed by atoms with van der Waals surface area (Å²) in [4.78, 5) is 2.64. The maximum Gasteiger partial charge on any atom is 0.115 e. The molecule has 1 aliphatic carbocycles. The highest BCUT2D eigenvalue weighted by atomic mass is 35.5. The van der Waals surface area contributed by atoms with Crippen molar-refractivity contribution in [3.8, 4) is 5.75 Å². The summed E-state index contributed by atoms with van der Waals surface area (Å²) in [5, 5.41) is 12.9. The summed E-state index contributed by atoms with van der Waals surface area (Å²) >= 11 is 0. The van der Waals surface area contributed by atoms with E-state index in [0.29, 0.717) is 11.8 Å². The minimum Gasteiger partial charge on any atom is -0.508 e. The fraction of sp³-hybridized carbons (Fsp3) is 0.625. The summed E-state index contributed by atoms with van der Waals surface area (Å²) < 4.78 is 0. The fourth-order valence-electron chi connectivity index (χ4n) is 3.69. The van der Waals surface area contributed by atoms with Gasteiger partial charge in [-0.15, -0.1) is 24.8 Å². The molecule has 2 aliphatic rings. The fourth-order valence-corrected chi connectivity index (χ4v) is 3.69. The van der Waals surface area contributed by atoms with Gasteiger partial charge >= 0.3 is 0 Å². The number of benzene rings is 1. The lowest BCUT2D eigenvalue weighted by atomic mass is 9.89. The zero-order valence-electron chi connectivity index (χ0n) is 12.3. The van der Waals surface area contributed by atoms with Crippen molar-refractivity contribution in [1.29, 1.82) is 0 Å². The molecule has 1 saturated heterocycles. The number of hydrogen-bond donors (Lipinski definition) is 2. The molecule has 0 amide bonds. The van der Waals surface area contributed by atoms with Gasteiger partial charge in [0.2, 0.25) is 0 Å². The van der Waals surface area contributed by atoms with Crippen LogP contribution in [0.3, 0.4) is 0 Å². The summed E-state index contributed by atoms with van der Waals surface area (Å²) in [6, 6.07) is 8.44. The predicted molar refractivity (Wildman–Crippen MR) is 91.7 cm³/mol. The van der Waals surface area contributed by atoms with Crippen LogP contribution in [-0.2, 0) is 0 Å². The van der Waals surface area contributed by atoms with Gasteiger partial charge in [0, 0.05) is 32.2 Å². The van der Waals surface area contributed by atoms with Gasteiger partial charge in [0.15, 0.2) is 0 Å². The van der Waals surface area contributed by atoms with E-state index in [1.54, 1.807) is 0 Å². The monoisotopic (exact) mass is 332 g/mol. The number of nitrogens with zero attached hydrogens (tertiary/aromatic N) is 1. The smallest absolute Gasteiger partial charge is 0.115 e. The summed E-state index contributed by atoms with van der Waals surface area (Å²) in [7, 11) is 0. The number of hydrogen-bond acceptors (Lipinski definition) is 3. The van der Waals surface area contributed by atoms with E-state index in [9.17, 15) is 5.11 Å². The summed E-state index contributed by atoms with van der Waals surface area (Å²) in [6.45, 7) is 4.48. The van der Waals surface area contributed by atoms with Crippen LogP contribution in [-0.4, -0.2) is 36.2 Å². The van der Waals surface area contributed by atoms with Crippen LogP contribution in [0.25, 0.3) is 0 Å². The molecule has 0 aromatic heterocycles. The van der Waals surface area contributed by atoms with Crippen LogP contribution < -0.4 is 5.32 Å². The largest absolute Gasteiger partial charge is 0.508 e. The van der Waals surface area contributed by atoms with Crippen molar-refractivity contribution in [3.63, 3.8) is 0 Å². The van der Waals surface area contributed by atoms with Gasteiger partial charge in [0.1, 0.15) is 5.75 Å². The highest BCUT2D eigenvalue weighted by molar-refractivity contribution is 5.85. The lowest BCUT2D eigenvalue weighted by molar-refractivity contribution is 0.125. The molecule has 1 aliphatic heterocycles. The molecule has 120 valence electrons. The van der Waals surface area contributed by atoms with Gasteiger partial charge in [0.05, 0.1) is 0 Å². The molecule has 1 aromatic rings. The van der Waals surface area contributed by atoms with E-state index in [4.69, 9.17) is 0 Å². The van der Waals surface area contributed by atoms with Crippen molar-refractivity contribution < 1.29 is 5.11 Å². The first-order valence-corrected chi connectivity index (χ1v) is 7.58. The third-order valence-corrected chi connectivity index (χ3v) is 4.63. The van der Waals surface area contributed by atoms with Gasteiger partial charge in [-0.1, -0.05) is 25.0 Å². The first-order chi connectivity index (χ1) is 9.34. The van der Waals surface area contributed by atoms with E-state index >= 15 is 0 Å². The third-order valence-electron chi connectivity index (χ3n) is 4.63. The Balaban J connectivity index is 0.00000110. The summed E-state index contributed by atoms with van der Waals surface area (Å²) in [6.07, 6.45) is 5.47. The zero-order valence-corrected chi connectivity index (χ0v) is 14.0. The van der Waals surface area contributed by atoms with Crippen molar-refractivity contribution in [2.75, 3.05) is 26.2 Å². The molecule has 1 saturated carbocycles. The van der Waals surface area contributed by atoms with Gasteiger partial charge in [0.25, 0.3) is 0 Å². The molecule has 21 heavy (non-hydrogen) atoms. The normalized spacial score (nSPS) is 21.3. The van der Waals surface area contributed by atoms with Gasteiger partial charge in [-0.2, -0.15) is 0 Å². The minimum atomic E-state index is 0. The first-order valence-electron chi connectivity index (χ1n) is 7.58. The molecule has 1 heterocycles. The molecule has 0 radical (unpaired) electrons. The molecule has 1 atom stereocenters. The van der Waals surface area contributed by atoms with Crippen LogP contribution >= 0.6 is 24.8 Å². The molecule has 1 aromatic carbocycles. The summed E-state index contributed by atoms with van der Waals surface area (Å²) in [5.41, 5.74) is 1.38. The number of nitrogens with one attached hydrogen (secondary N) is 1. The Kier molecular flexibility index (Phi) is 7.82. The lowest BCUT2D eigenvalue weighted by Gasteiger charge is -2.38. The highest BCUT2D eigenvalue weighted by Crippen LogP contribution is 2.39. The van der Waals surface area contributed by atoms with Crippen LogP contribution in [0.4, 0.5) is 0 Å². The zero-order chi connectivity index (χ0) is 13.1. The molecule has 2 fully saturated rings. The quantitative estimate of drug-likeness (QED) is 0.890. The second-order valence-electron chi connectivity index (χ2n) is 5.87. The number of rotatable bonds is 3. The molecule has 0 spiro atoms. The number of phenolic OH excluding ortho intramolecular Hbond substituents is 1. The van der Waals surface area contributed by atoms with Crippen LogP contribution in [0.2, 0.25) is 0 Å².